The van der Waals surface area contributed by atoms with Crippen LogP contribution in [0.1, 0.15) is 0 Å². The number of nitrogens with zero attached hydrogens (tertiary/aromatic N) is 2. The van der Waals surface area contributed by atoms with Crippen molar-refractivity contribution in [3.8, 4) is 0 Å². The molecule has 4 nitrogen and oxygen atoms in total. The lowest BCUT2D eigenvalue weighted by atomic mass is 10.3. The maximum absolute atomic E-state index is 10.6. The summed E-state index contributed by atoms with van der Waals surface area (Å²) in [6.07, 6.45) is 0. The minimum absolute atomic E-state index is 0.412. The topological polar surface area (TPSA) is 50.5 Å². The van der Waals surface area contributed by atoms with Crippen molar-refractivity contribution in [3.05, 3.63) is 35.5 Å². The molecule has 58 valence electrons. The van der Waals surface area contributed by atoms with Gasteiger partial charge in [-0.2, -0.15) is 0 Å². The van der Waals surface area contributed by atoms with Gasteiger partial charge < -0.3 is 5.21 Å². The Bertz CT molecular complexity index is 245. The summed E-state index contributed by atoms with van der Waals surface area (Å²) in [6, 6.07) is 9.13. The molecule has 0 radical (unpaired) electrons. The predicted molar refractivity (Wildman–Crippen MR) is 42.0 cm³/mol. The summed E-state index contributed by atoms with van der Waals surface area (Å²) in [4.78, 5) is 0.412. The van der Waals surface area contributed by atoms with Crippen LogP contribution in [0.5, 0.6) is 0 Å². The molecule has 11 heavy (non-hydrogen) atoms. The van der Waals surface area contributed by atoms with Crippen molar-refractivity contribution >= 4 is 5.69 Å². The summed E-state index contributed by atoms with van der Waals surface area (Å²) >= 11 is 0. The third-order valence-electron chi connectivity index (χ3n) is 1.18. The zero-order valence-corrected chi connectivity index (χ0v) is 6.19. The first-order valence-corrected chi connectivity index (χ1v) is 3.21. The fraction of sp³-hybridized carbons (Fsp3) is 0.143. The van der Waals surface area contributed by atoms with Gasteiger partial charge in [0.15, 0.2) is 0 Å². The molecule has 0 aliphatic carbocycles. The van der Waals surface area contributed by atoms with E-state index < -0.39 is 0 Å². The molecule has 0 bridgehead atoms. The van der Waals surface area contributed by atoms with Gasteiger partial charge in [-0.05, 0) is 17.2 Å². The normalized spacial score (nSPS) is 11.2. The van der Waals surface area contributed by atoms with Gasteiger partial charge in [0.1, 0.15) is 0 Å². The van der Waals surface area contributed by atoms with E-state index in [1.54, 1.807) is 12.1 Å². The summed E-state index contributed by atoms with van der Waals surface area (Å²) in [5, 5.41) is 14.0. The highest BCUT2D eigenvalue weighted by atomic mass is 16.5. The van der Waals surface area contributed by atoms with Gasteiger partial charge in [-0.1, -0.05) is 18.2 Å². The Morgan fingerprint density at radius 1 is 1.36 bits per heavy atom. The highest BCUT2D eigenvalue weighted by Gasteiger charge is 1.92. The molecule has 0 unspecified atom stereocenters. The molecular formula is C7H9N3O. The number of benzene rings is 1. The first-order chi connectivity index (χ1) is 5.33. The van der Waals surface area contributed by atoms with Gasteiger partial charge in [-0.15, -0.1) is 5.43 Å². The second-order valence-electron chi connectivity index (χ2n) is 1.95. The van der Waals surface area contributed by atoms with Crippen LogP contribution in [0.25, 0.3) is 0 Å². The van der Waals surface area contributed by atoms with Crippen LogP contribution >= 0.6 is 0 Å². The molecule has 1 rings (SSSR count). The summed E-state index contributed by atoms with van der Waals surface area (Å²) in [6.45, 7) is 0. The van der Waals surface area contributed by atoms with Crippen molar-refractivity contribution in [1.82, 2.24) is 0 Å². The lowest BCUT2D eigenvalue weighted by Gasteiger charge is -1.99. The summed E-state index contributed by atoms with van der Waals surface area (Å²) < 4.78 is 0. The van der Waals surface area contributed by atoms with Crippen molar-refractivity contribution in [2.24, 2.45) is 5.11 Å². The van der Waals surface area contributed by atoms with Crippen LogP contribution in [0, 0.1) is 5.21 Å². The molecule has 0 saturated heterocycles. The smallest absolute Gasteiger partial charge is 0.0997 e. The minimum atomic E-state index is 0.412. The van der Waals surface area contributed by atoms with Crippen molar-refractivity contribution in [2.45, 2.75) is 0 Å². The predicted octanol–water partition coefficient (Wildman–Crippen LogP) is 1.61. The van der Waals surface area contributed by atoms with Gasteiger partial charge in [0, 0.05) is 4.97 Å². The van der Waals surface area contributed by atoms with E-state index in [0.717, 1.165) is 5.69 Å². The summed E-state index contributed by atoms with van der Waals surface area (Å²) in [7, 11) is 1.42. The van der Waals surface area contributed by atoms with E-state index in [-0.39, 0.29) is 0 Å². The number of hydrazine groups is 1. The van der Waals surface area contributed by atoms with Gasteiger partial charge >= 0.3 is 0 Å². The number of anilines is 1. The van der Waals surface area contributed by atoms with Gasteiger partial charge in [0.05, 0.1) is 12.7 Å². The molecule has 0 aliphatic heterocycles. The molecule has 0 fully saturated rings. The van der Waals surface area contributed by atoms with Crippen molar-refractivity contribution < 1.29 is 4.97 Å². The molecule has 0 heterocycles. The van der Waals surface area contributed by atoms with E-state index in [4.69, 9.17) is 0 Å². The van der Waals surface area contributed by atoms with Crippen LogP contribution in [-0.2, 0) is 0 Å². The van der Waals surface area contributed by atoms with Crippen molar-refractivity contribution in [3.63, 3.8) is 0 Å². The molecule has 0 aliphatic rings. The second-order valence-corrected chi connectivity index (χ2v) is 1.95. The molecular weight excluding hydrogens is 142 g/mol. The van der Waals surface area contributed by atoms with Crippen molar-refractivity contribution in [2.75, 3.05) is 12.5 Å². The molecule has 0 spiro atoms. The lowest BCUT2D eigenvalue weighted by molar-refractivity contribution is -0.496. The van der Waals surface area contributed by atoms with Crippen LogP contribution in [0.15, 0.2) is 35.4 Å². The van der Waals surface area contributed by atoms with Crippen LogP contribution < -0.4 is 5.43 Å². The lowest BCUT2D eigenvalue weighted by Crippen LogP contribution is -2.08. The van der Waals surface area contributed by atoms with Crippen LogP contribution in [0.4, 0.5) is 5.69 Å². The molecule has 0 amide bonds. The standard InChI is InChI=1S/C7H9N3O/c1-8-10(11)9-7-5-3-2-4-6-7/h2-6H,1H3,(H,8,9). The molecule has 4 heteroatoms. The Balaban J connectivity index is 2.65. The molecule has 0 aromatic heterocycles. The van der Waals surface area contributed by atoms with Gasteiger partial charge in [-0.3, -0.25) is 0 Å². The van der Waals surface area contributed by atoms with Gasteiger partial charge in [0.2, 0.25) is 0 Å². The van der Waals surface area contributed by atoms with Crippen molar-refractivity contribution in [1.29, 1.82) is 0 Å². The monoisotopic (exact) mass is 151 g/mol. The van der Waals surface area contributed by atoms with E-state index in [0.29, 0.717) is 4.97 Å². The number of rotatable bonds is 2. The van der Waals surface area contributed by atoms with Gasteiger partial charge in [0.25, 0.3) is 0 Å². The number of hydrogen-bond donors (Lipinski definition) is 1. The van der Waals surface area contributed by atoms with Crippen LogP contribution in [-0.4, -0.2) is 12.0 Å². The quantitative estimate of drug-likeness (QED) is 0.396. The average Bonchev–Trinajstić information content (AvgIpc) is 2.06. The van der Waals surface area contributed by atoms with E-state index in [2.05, 4.69) is 10.5 Å². The second kappa shape index (κ2) is 3.55. The number of para-hydroxylation sites is 1. The Hall–Kier alpha value is -1.58. The third-order valence-corrected chi connectivity index (χ3v) is 1.18. The number of hydrogen-bond acceptors (Lipinski definition) is 2. The summed E-state index contributed by atoms with van der Waals surface area (Å²) in [5.74, 6) is 0. The SMILES string of the molecule is CN=[N+]([O-])Nc1ccccc1. The van der Waals surface area contributed by atoms with Crippen LogP contribution in [0.2, 0.25) is 0 Å². The molecule has 0 saturated carbocycles. The summed E-state index contributed by atoms with van der Waals surface area (Å²) in [5.41, 5.74) is 3.23. The maximum atomic E-state index is 10.6. The van der Waals surface area contributed by atoms with E-state index >= 15 is 0 Å². The highest BCUT2D eigenvalue weighted by Crippen LogP contribution is 2.03. The largest absolute Gasteiger partial charge is 0.571 e. The molecule has 0 atom stereocenters. The Kier molecular flexibility index (Phi) is 2.43. The van der Waals surface area contributed by atoms with E-state index in [1.807, 2.05) is 18.2 Å². The van der Waals surface area contributed by atoms with E-state index in [9.17, 15) is 5.21 Å². The number of nitrogens with one attached hydrogen (secondary N) is 1. The first kappa shape index (κ1) is 7.53. The average molecular weight is 151 g/mol. The van der Waals surface area contributed by atoms with E-state index in [1.165, 1.54) is 7.05 Å². The Morgan fingerprint density at radius 2 is 2.00 bits per heavy atom. The first-order valence-electron chi connectivity index (χ1n) is 3.21. The van der Waals surface area contributed by atoms with Gasteiger partial charge in [-0.25, -0.2) is 0 Å². The van der Waals surface area contributed by atoms with Crippen LogP contribution in [0.3, 0.4) is 0 Å². The zero-order valence-electron chi connectivity index (χ0n) is 6.19. The molecule has 1 aromatic rings. The minimum Gasteiger partial charge on any atom is -0.571 e. The Labute approximate surface area is 64.7 Å². The molecule has 1 aromatic carbocycles. The fourth-order valence-corrected chi connectivity index (χ4v) is 0.673. The highest BCUT2D eigenvalue weighted by molar-refractivity contribution is 5.39. The zero-order chi connectivity index (χ0) is 8.10. The fourth-order valence-electron chi connectivity index (χ4n) is 0.673. The third kappa shape index (κ3) is 2.25. The Morgan fingerprint density at radius 3 is 2.55 bits per heavy atom. The molecule has 1 N–H and O–H groups in total. The maximum Gasteiger partial charge on any atom is 0.0997 e.